The van der Waals surface area contributed by atoms with Gasteiger partial charge in [-0.2, -0.15) is 0 Å². The highest BCUT2D eigenvalue weighted by molar-refractivity contribution is 7.92. The van der Waals surface area contributed by atoms with Crippen LogP contribution in [-0.4, -0.2) is 27.9 Å². The Labute approximate surface area is 166 Å². The summed E-state index contributed by atoms with van der Waals surface area (Å²) in [5.74, 6) is -0.204. The number of hydrogen-bond donors (Lipinski definition) is 1. The van der Waals surface area contributed by atoms with Crippen LogP contribution in [0.2, 0.25) is 5.02 Å². The summed E-state index contributed by atoms with van der Waals surface area (Å²) in [5.41, 5.74) is 1.66. The minimum Gasteiger partial charge on any atom is -0.352 e. The van der Waals surface area contributed by atoms with E-state index in [0.717, 1.165) is 24.8 Å². The van der Waals surface area contributed by atoms with Crippen LogP contribution in [0.5, 0.6) is 0 Å². The van der Waals surface area contributed by atoms with Crippen molar-refractivity contribution in [1.82, 2.24) is 5.32 Å². The van der Waals surface area contributed by atoms with Crippen molar-refractivity contribution in [3.05, 3.63) is 58.6 Å². The number of benzene rings is 2. The zero-order valence-corrected chi connectivity index (χ0v) is 17.4. The fourth-order valence-electron chi connectivity index (χ4n) is 2.66. The normalized spacial score (nSPS) is 11.3. The van der Waals surface area contributed by atoms with Crippen molar-refractivity contribution in [2.45, 2.75) is 38.0 Å². The molecule has 2 rings (SSSR count). The van der Waals surface area contributed by atoms with Crippen molar-refractivity contribution in [3.8, 4) is 0 Å². The highest BCUT2D eigenvalue weighted by atomic mass is 35.5. The maximum atomic E-state index is 12.9. The Hall–Kier alpha value is -2.05. The van der Waals surface area contributed by atoms with Gasteiger partial charge in [-0.3, -0.25) is 9.10 Å². The first-order chi connectivity index (χ1) is 12.8. The van der Waals surface area contributed by atoms with Crippen molar-refractivity contribution >= 4 is 33.2 Å². The van der Waals surface area contributed by atoms with E-state index in [1.54, 1.807) is 18.2 Å². The Balaban J connectivity index is 2.26. The zero-order valence-electron chi connectivity index (χ0n) is 15.8. The molecule has 1 N–H and O–H groups in total. The van der Waals surface area contributed by atoms with Crippen LogP contribution in [0.3, 0.4) is 0 Å². The standard InChI is InChI=1S/C20H25ClN2O3S/c1-4-5-6-13-22-20(24)16-8-7-15(2)19(14-16)23(3)27(25,26)18-11-9-17(21)10-12-18/h7-12,14H,4-6,13H2,1-3H3,(H,22,24). The second kappa shape index (κ2) is 9.24. The quantitative estimate of drug-likeness (QED) is 0.658. The van der Waals surface area contributed by atoms with E-state index in [1.165, 1.54) is 35.6 Å². The molecule has 0 spiro atoms. The topological polar surface area (TPSA) is 66.5 Å². The van der Waals surface area contributed by atoms with Crippen LogP contribution in [0.15, 0.2) is 47.4 Å². The Kier molecular flexibility index (Phi) is 7.27. The summed E-state index contributed by atoms with van der Waals surface area (Å²) < 4.78 is 27.0. The van der Waals surface area contributed by atoms with Crippen molar-refractivity contribution in [2.75, 3.05) is 17.9 Å². The Morgan fingerprint density at radius 2 is 1.78 bits per heavy atom. The van der Waals surface area contributed by atoms with Crippen LogP contribution in [0.1, 0.15) is 42.1 Å². The molecule has 1 amide bonds. The molecule has 2 aromatic carbocycles. The highest BCUT2D eigenvalue weighted by Crippen LogP contribution is 2.27. The van der Waals surface area contributed by atoms with E-state index in [4.69, 9.17) is 11.6 Å². The monoisotopic (exact) mass is 408 g/mol. The SMILES string of the molecule is CCCCCNC(=O)c1ccc(C)c(N(C)S(=O)(=O)c2ccc(Cl)cc2)c1. The predicted molar refractivity (Wildman–Crippen MR) is 110 cm³/mol. The number of rotatable bonds is 8. The molecule has 2 aromatic rings. The Morgan fingerprint density at radius 1 is 1.11 bits per heavy atom. The van der Waals surface area contributed by atoms with Gasteiger partial charge in [0.15, 0.2) is 0 Å². The van der Waals surface area contributed by atoms with Gasteiger partial charge in [-0.15, -0.1) is 0 Å². The second-order valence-electron chi connectivity index (χ2n) is 6.39. The lowest BCUT2D eigenvalue weighted by atomic mass is 10.1. The number of carbonyl (C=O) groups excluding carboxylic acids is 1. The van der Waals surface area contributed by atoms with Gasteiger partial charge in [-0.25, -0.2) is 8.42 Å². The van der Waals surface area contributed by atoms with Crippen molar-refractivity contribution in [3.63, 3.8) is 0 Å². The Bertz CT molecular complexity index is 896. The average Bonchev–Trinajstić information content (AvgIpc) is 2.65. The summed E-state index contributed by atoms with van der Waals surface area (Å²) in [6.45, 7) is 4.52. The molecule has 27 heavy (non-hydrogen) atoms. The number of aryl methyl sites for hydroxylation is 1. The van der Waals surface area contributed by atoms with E-state index < -0.39 is 10.0 Å². The fraction of sp³-hybridized carbons (Fsp3) is 0.350. The molecule has 0 unspecified atom stereocenters. The molecular weight excluding hydrogens is 384 g/mol. The van der Waals surface area contributed by atoms with Crippen LogP contribution in [0.4, 0.5) is 5.69 Å². The van der Waals surface area contributed by atoms with Gasteiger partial charge in [0.2, 0.25) is 0 Å². The van der Waals surface area contributed by atoms with Crippen molar-refractivity contribution < 1.29 is 13.2 Å². The molecular formula is C20H25ClN2O3S. The molecule has 0 bridgehead atoms. The molecule has 0 fully saturated rings. The summed E-state index contributed by atoms with van der Waals surface area (Å²) in [6, 6.07) is 11.1. The van der Waals surface area contributed by atoms with Gasteiger partial charge < -0.3 is 5.32 Å². The van der Waals surface area contributed by atoms with Gasteiger partial charge in [0.25, 0.3) is 15.9 Å². The lowest BCUT2D eigenvalue weighted by molar-refractivity contribution is 0.0953. The third kappa shape index (κ3) is 5.23. The van der Waals surface area contributed by atoms with E-state index in [2.05, 4.69) is 12.2 Å². The zero-order chi connectivity index (χ0) is 20.0. The molecule has 0 radical (unpaired) electrons. The predicted octanol–water partition coefficient (Wildman–Crippen LogP) is 4.39. The summed E-state index contributed by atoms with van der Waals surface area (Å²) in [7, 11) is -2.27. The number of carbonyl (C=O) groups is 1. The first-order valence-electron chi connectivity index (χ1n) is 8.90. The molecule has 146 valence electrons. The molecule has 0 saturated carbocycles. The van der Waals surface area contributed by atoms with Gasteiger partial charge in [-0.05, 0) is 55.3 Å². The first-order valence-corrected chi connectivity index (χ1v) is 10.7. The number of amides is 1. The molecule has 0 aromatic heterocycles. The number of halogens is 1. The maximum absolute atomic E-state index is 12.9. The van der Waals surface area contributed by atoms with E-state index in [1.807, 2.05) is 6.92 Å². The van der Waals surface area contributed by atoms with Gasteiger partial charge in [0, 0.05) is 24.2 Å². The van der Waals surface area contributed by atoms with Crippen LogP contribution in [0, 0.1) is 6.92 Å². The molecule has 0 atom stereocenters. The van der Waals surface area contributed by atoms with E-state index in [0.29, 0.717) is 22.8 Å². The molecule has 0 heterocycles. The summed E-state index contributed by atoms with van der Waals surface area (Å²) in [4.78, 5) is 12.5. The van der Waals surface area contributed by atoms with Crippen LogP contribution in [0.25, 0.3) is 0 Å². The molecule has 0 aliphatic heterocycles. The van der Waals surface area contributed by atoms with Crippen LogP contribution < -0.4 is 9.62 Å². The average molecular weight is 409 g/mol. The fourth-order valence-corrected chi connectivity index (χ4v) is 4.04. The number of hydrogen-bond acceptors (Lipinski definition) is 3. The third-order valence-corrected chi connectivity index (χ3v) is 6.39. The number of anilines is 1. The van der Waals surface area contributed by atoms with E-state index in [-0.39, 0.29) is 10.8 Å². The number of sulfonamides is 1. The highest BCUT2D eigenvalue weighted by Gasteiger charge is 2.23. The van der Waals surface area contributed by atoms with Gasteiger partial charge in [0.1, 0.15) is 0 Å². The minimum atomic E-state index is -3.76. The van der Waals surface area contributed by atoms with Crippen molar-refractivity contribution in [1.29, 1.82) is 0 Å². The van der Waals surface area contributed by atoms with Crippen LogP contribution in [-0.2, 0) is 10.0 Å². The van der Waals surface area contributed by atoms with Gasteiger partial charge >= 0.3 is 0 Å². The lowest BCUT2D eigenvalue weighted by Gasteiger charge is -2.22. The number of nitrogens with zero attached hydrogens (tertiary/aromatic N) is 1. The van der Waals surface area contributed by atoms with Crippen LogP contribution >= 0.6 is 11.6 Å². The second-order valence-corrected chi connectivity index (χ2v) is 8.80. The molecule has 7 heteroatoms. The summed E-state index contributed by atoms with van der Waals surface area (Å²) in [6.07, 6.45) is 3.06. The molecule has 5 nitrogen and oxygen atoms in total. The van der Waals surface area contributed by atoms with Gasteiger partial charge in [0.05, 0.1) is 10.6 Å². The van der Waals surface area contributed by atoms with E-state index in [9.17, 15) is 13.2 Å². The molecule has 0 aliphatic carbocycles. The molecule has 0 aliphatic rings. The largest absolute Gasteiger partial charge is 0.352 e. The Morgan fingerprint density at radius 3 is 2.41 bits per heavy atom. The minimum absolute atomic E-state index is 0.142. The maximum Gasteiger partial charge on any atom is 0.264 e. The lowest BCUT2D eigenvalue weighted by Crippen LogP contribution is -2.28. The molecule has 0 saturated heterocycles. The number of nitrogens with one attached hydrogen (secondary N) is 1. The smallest absolute Gasteiger partial charge is 0.264 e. The number of unbranched alkanes of at least 4 members (excludes halogenated alkanes) is 2. The van der Waals surface area contributed by atoms with Crippen molar-refractivity contribution in [2.24, 2.45) is 0 Å². The first kappa shape index (κ1) is 21.3. The summed E-state index contributed by atoms with van der Waals surface area (Å²) >= 11 is 5.85. The van der Waals surface area contributed by atoms with E-state index >= 15 is 0 Å². The van der Waals surface area contributed by atoms with Gasteiger partial charge in [-0.1, -0.05) is 37.4 Å². The summed E-state index contributed by atoms with van der Waals surface area (Å²) in [5, 5.41) is 3.34. The third-order valence-electron chi connectivity index (χ3n) is 4.35.